The third kappa shape index (κ3) is 2.24. The molecule has 2 N–H and O–H groups in total. The molecule has 8 heteroatoms. The SMILES string of the molecule is CCCOC1(OCCC)N=C(N)C2(C#N)C(c3ccc(F)c(F)c3)C12C#N. The topological polar surface area (TPSA) is 104 Å². The van der Waals surface area contributed by atoms with E-state index >= 15 is 0 Å². The molecule has 1 aromatic carbocycles. The van der Waals surface area contributed by atoms with Gasteiger partial charge in [-0.3, -0.25) is 0 Å². The lowest BCUT2D eigenvalue weighted by atomic mass is 9.93. The summed E-state index contributed by atoms with van der Waals surface area (Å²) in [6.45, 7) is 4.23. The molecule has 0 radical (unpaired) electrons. The average molecular weight is 374 g/mol. The Kier molecular flexibility index (Phi) is 4.67. The van der Waals surface area contributed by atoms with Crippen molar-refractivity contribution in [3.63, 3.8) is 0 Å². The molecular weight excluding hydrogens is 354 g/mol. The number of hydrogen-bond acceptors (Lipinski definition) is 6. The molecule has 3 rings (SSSR count). The molecule has 3 unspecified atom stereocenters. The standard InChI is InChI=1S/C19H20F2N4O2/c1-3-7-26-19(27-8-4-2)18(11-23)15(17(18,10-22)16(24)25-19)12-5-6-13(20)14(21)9-12/h5-6,9,15H,3-4,7-8H2,1-2H3,(H2,24,25). The molecule has 0 bridgehead atoms. The van der Waals surface area contributed by atoms with Crippen LogP contribution in [0, 0.1) is 45.1 Å². The molecular formula is C19H20F2N4O2. The highest BCUT2D eigenvalue weighted by Gasteiger charge is 2.93. The summed E-state index contributed by atoms with van der Waals surface area (Å²) in [5.74, 6) is -4.78. The molecule has 142 valence electrons. The van der Waals surface area contributed by atoms with Crippen molar-refractivity contribution in [1.29, 1.82) is 10.5 Å². The Labute approximate surface area is 156 Å². The Morgan fingerprint density at radius 3 is 2.22 bits per heavy atom. The number of halogens is 2. The first kappa shape index (κ1) is 19.2. The monoisotopic (exact) mass is 374 g/mol. The van der Waals surface area contributed by atoms with Crippen LogP contribution >= 0.6 is 0 Å². The van der Waals surface area contributed by atoms with E-state index in [1.165, 1.54) is 6.07 Å². The second-order valence-electron chi connectivity index (χ2n) is 6.72. The highest BCUT2D eigenvalue weighted by Crippen LogP contribution is 2.82. The molecule has 1 heterocycles. The molecule has 0 spiro atoms. The van der Waals surface area contributed by atoms with E-state index in [4.69, 9.17) is 15.2 Å². The van der Waals surface area contributed by atoms with Gasteiger partial charge in [0.1, 0.15) is 11.3 Å². The summed E-state index contributed by atoms with van der Waals surface area (Å²) in [7, 11) is 0. The number of nitrogens with two attached hydrogens (primary N) is 1. The summed E-state index contributed by atoms with van der Waals surface area (Å²) >= 11 is 0. The fraction of sp³-hybridized carbons (Fsp3) is 0.526. The lowest BCUT2D eigenvalue weighted by Gasteiger charge is -2.32. The number of hydrogen-bond donors (Lipinski definition) is 1. The molecule has 0 aromatic heterocycles. The molecule has 2 aliphatic rings. The van der Waals surface area contributed by atoms with E-state index in [1.807, 2.05) is 13.8 Å². The number of fused-ring (bicyclic) bond motifs is 1. The summed E-state index contributed by atoms with van der Waals surface area (Å²) in [5.41, 5.74) is 3.27. The number of nitrogens with zero attached hydrogens (tertiary/aromatic N) is 3. The van der Waals surface area contributed by atoms with E-state index in [0.29, 0.717) is 12.8 Å². The van der Waals surface area contributed by atoms with Crippen molar-refractivity contribution in [3.8, 4) is 12.1 Å². The predicted molar refractivity (Wildman–Crippen MR) is 92.0 cm³/mol. The minimum atomic E-state index is -1.76. The molecule has 0 amide bonds. The van der Waals surface area contributed by atoms with Crippen molar-refractivity contribution in [2.24, 2.45) is 21.6 Å². The Hall–Kier alpha value is -2.55. The Balaban J connectivity index is 2.18. The maximum absolute atomic E-state index is 13.8. The molecule has 1 aliphatic heterocycles. The van der Waals surface area contributed by atoms with Crippen molar-refractivity contribution < 1.29 is 18.3 Å². The van der Waals surface area contributed by atoms with E-state index in [-0.39, 0.29) is 24.6 Å². The van der Waals surface area contributed by atoms with Crippen LogP contribution in [0.1, 0.15) is 38.2 Å². The van der Waals surface area contributed by atoms with Gasteiger partial charge < -0.3 is 15.2 Å². The van der Waals surface area contributed by atoms with Crippen molar-refractivity contribution in [1.82, 2.24) is 0 Å². The van der Waals surface area contributed by atoms with E-state index in [0.717, 1.165) is 12.1 Å². The van der Waals surface area contributed by atoms with E-state index < -0.39 is 34.3 Å². The van der Waals surface area contributed by atoms with Crippen molar-refractivity contribution in [2.45, 2.75) is 38.5 Å². The maximum atomic E-state index is 13.8. The largest absolute Gasteiger partial charge is 0.386 e. The van der Waals surface area contributed by atoms with E-state index in [9.17, 15) is 19.3 Å². The summed E-state index contributed by atoms with van der Waals surface area (Å²) in [6.07, 6.45) is 1.26. The number of aliphatic imine (C=N–C) groups is 1. The smallest absolute Gasteiger partial charge is 0.293 e. The lowest BCUT2D eigenvalue weighted by molar-refractivity contribution is -0.259. The molecule has 1 aliphatic carbocycles. The summed E-state index contributed by atoms with van der Waals surface area (Å²) < 4.78 is 38.9. The van der Waals surface area contributed by atoms with Crippen LogP contribution < -0.4 is 5.73 Å². The van der Waals surface area contributed by atoms with Gasteiger partial charge in [-0.1, -0.05) is 19.9 Å². The average Bonchev–Trinajstić information content (AvgIpc) is 3.24. The molecule has 27 heavy (non-hydrogen) atoms. The predicted octanol–water partition coefficient (Wildman–Crippen LogP) is 2.96. The van der Waals surface area contributed by atoms with Gasteiger partial charge in [-0.25, -0.2) is 13.8 Å². The first-order chi connectivity index (χ1) is 12.9. The molecule has 6 nitrogen and oxygen atoms in total. The van der Waals surface area contributed by atoms with Crippen LogP contribution in [0.15, 0.2) is 23.2 Å². The maximum Gasteiger partial charge on any atom is 0.293 e. The van der Waals surface area contributed by atoms with Crippen molar-refractivity contribution in [3.05, 3.63) is 35.4 Å². The third-order valence-corrected chi connectivity index (χ3v) is 5.21. The van der Waals surface area contributed by atoms with Gasteiger partial charge in [-0.15, -0.1) is 0 Å². The first-order valence-corrected chi connectivity index (χ1v) is 8.81. The lowest BCUT2D eigenvalue weighted by Crippen LogP contribution is -2.44. The minimum Gasteiger partial charge on any atom is -0.386 e. The normalized spacial score (nSPS) is 30.1. The van der Waals surface area contributed by atoms with Crippen LogP contribution in [-0.4, -0.2) is 25.0 Å². The van der Waals surface area contributed by atoms with Crippen molar-refractivity contribution in [2.75, 3.05) is 13.2 Å². The van der Waals surface area contributed by atoms with Crippen LogP contribution in [0.5, 0.6) is 0 Å². The molecule has 0 saturated heterocycles. The van der Waals surface area contributed by atoms with Gasteiger partial charge in [0.15, 0.2) is 17.0 Å². The second-order valence-corrected chi connectivity index (χ2v) is 6.72. The van der Waals surface area contributed by atoms with Gasteiger partial charge in [-0.2, -0.15) is 10.5 Å². The summed E-state index contributed by atoms with van der Waals surface area (Å²) in [5, 5.41) is 20.0. The van der Waals surface area contributed by atoms with Gasteiger partial charge in [0.25, 0.3) is 5.91 Å². The fourth-order valence-corrected chi connectivity index (χ4v) is 4.03. The van der Waals surface area contributed by atoms with Crippen LogP contribution in [0.2, 0.25) is 0 Å². The third-order valence-electron chi connectivity index (χ3n) is 5.21. The quantitative estimate of drug-likeness (QED) is 0.739. The first-order valence-electron chi connectivity index (χ1n) is 8.81. The van der Waals surface area contributed by atoms with Gasteiger partial charge in [-0.05, 0) is 30.5 Å². The zero-order valence-corrected chi connectivity index (χ0v) is 15.1. The number of benzene rings is 1. The zero-order valence-electron chi connectivity index (χ0n) is 15.1. The van der Waals surface area contributed by atoms with Crippen LogP contribution in [0.4, 0.5) is 8.78 Å². The Morgan fingerprint density at radius 1 is 1.11 bits per heavy atom. The molecule has 1 aromatic rings. The Bertz CT molecular complexity index is 867. The number of amidine groups is 1. The number of rotatable bonds is 7. The summed E-state index contributed by atoms with van der Waals surface area (Å²) in [6, 6.07) is 7.52. The van der Waals surface area contributed by atoms with Crippen molar-refractivity contribution >= 4 is 5.84 Å². The van der Waals surface area contributed by atoms with E-state index in [2.05, 4.69) is 17.1 Å². The van der Waals surface area contributed by atoms with Crippen LogP contribution in [-0.2, 0) is 9.47 Å². The van der Waals surface area contributed by atoms with Gasteiger partial charge in [0.05, 0.1) is 25.4 Å². The van der Waals surface area contributed by atoms with Gasteiger partial charge in [0, 0.05) is 5.92 Å². The highest BCUT2D eigenvalue weighted by molar-refractivity contribution is 6.00. The highest BCUT2D eigenvalue weighted by atomic mass is 19.2. The van der Waals surface area contributed by atoms with Crippen LogP contribution in [0.3, 0.4) is 0 Å². The van der Waals surface area contributed by atoms with E-state index in [1.54, 1.807) is 0 Å². The summed E-state index contributed by atoms with van der Waals surface area (Å²) in [4.78, 5) is 4.26. The zero-order chi connectivity index (χ0) is 19.9. The van der Waals surface area contributed by atoms with Gasteiger partial charge >= 0.3 is 0 Å². The number of ether oxygens (including phenoxy) is 2. The van der Waals surface area contributed by atoms with Gasteiger partial charge in [0.2, 0.25) is 0 Å². The molecule has 3 atom stereocenters. The Morgan fingerprint density at radius 2 is 1.74 bits per heavy atom. The second kappa shape index (κ2) is 6.56. The fourth-order valence-electron chi connectivity index (χ4n) is 4.03. The number of nitriles is 2. The van der Waals surface area contributed by atoms with Crippen LogP contribution in [0.25, 0.3) is 0 Å². The molecule has 1 fully saturated rings. The molecule has 1 saturated carbocycles. The minimum absolute atomic E-state index is 0.0894.